The van der Waals surface area contributed by atoms with Gasteiger partial charge in [0.05, 0.1) is 0 Å². The van der Waals surface area contributed by atoms with Crippen LogP contribution in [-0.2, 0) is 4.79 Å². The molecule has 0 aliphatic heterocycles. The smallest absolute Gasteiger partial charge is 0.338 e. The minimum atomic E-state index is -0.449. The Morgan fingerprint density at radius 1 is 0.583 bits per heavy atom. The Morgan fingerprint density at radius 2 is 1.03 bits per heavy atom. The van der Waals surface area contributed by atoms with E-state index >= 15 is 0 Å². The first kappa shape index (κ1) is 24.4. The van der Waals surface area contributed by atoms with E-state index in [-0.39, 0.29) is 0 Å². The molecule has 0 heterocycles. The first-order valence-electron chi connectivity index (χ1n) is 11.8. The molecule has 0 amide bonds. The average molecular weight is 469 g/mol. The fraction of sp³-hybridized carbons (Fsp3) is 0.0294. The molecule has 0 unspecified atom stereocenters. The number of esters is 1. The van der Waals surface area contributed by atoms with Crippen molar-refractivity contribution in [2.24, 2.45) is 0 Å². The molecule has 0 spiro atoms. The number of hydrogen-bond acceptors (Lipinski definition) is 2. The maximum absolute atomic E-state index is 12.4. The van der Waals surface area contributed by atoms with Gasteiger partial charge in [-0.05, 0) is 40.8 Å². The highest BCUT2D eigenvalue weighted by Crippen LogP contribution is 2.31. The first-order valence-corrected chi connectivity index (χ1v) is 11.8. The van der Waals surface area contributed by atoms with E-state index in [4.69, 9.17) is 4.74 Å². The Morgan fingerprint density at radius 3 is 1.50 bits per heavy atom. The van der Waals surface area contributed by atoms with Crippen LogP contribution in [0, 0.1) is 0 Å². The summed E-state index contributed by atoms with van der Waals surface area (Å²) in [6.07, 6.45) is 12.3. The van der Waals surface area contributed by atoms with Gasteiger partial charge in [-0.3, -0.25) is 0 Å². The van der Waals surface area contributed by atoms with Crippen molar-refractivity contribution in [3.05, 3.63) is 149 Å². The standard InChI is InChI=1S/C34H28O2/c1-26(2)34(35)36-33-25-22-30(21-18-27-12-6-3-7-13-27)31(23-19-28-14-8-4-9-15-28)32(33)24-20-29-16-10-5-11-17-29/h3-25H,1H2,2H3/b21-18+,23-19+,24-20+. The number of ether oxygens (including phenoxy) is 1. The van der Waals surface area contributed by atoms with Crippen molar-refractivity contribution in [2.75, 3.05) is 0 Å². The number of hydrogen-bond donors (Lipinski definition) is 0. The third kappa shape index (κ3) is 6.68. The molecule has 0 radical (unpaired) electrons. The highest BCUT2D eigenvalue weighted by atomic mass is 16.5. The molecule has 4 rings (SSSR count). The Balaban J connectivity index is 1.86. The van der Waals surface area contributed by atoms with Crippen molar-refractivity contribution < 1.29 is 9.53 Å². The van der Waals surface area contributed by atoms with Crippen molar-refractivity contribution >= 4 is 42.4 Å². The van der Waals surface area contributed by atoms with Crippen LogP contribution in [0.15, 0.2) is 115 Å². The van der Waals surface area contributed by atoms with Gasteiger partial charge >= 0.3 is 5.97 Å². The minimum Gasteiger partial charge on any atom is -0.423 e. The van der Waals surface area contributed by atoms with Crippen LogP contribution in [0.2, 0.25) is 0 Å². The molecular weight excluding hydrogens is 440 g/mol. The molecule has 0 aliphatic rings. The lowest BCUT2D eigenvalue weighted by atomic mass is 9.96. The molecule has 2 nitrogen and oxygen atoms in total. The number of carbonyl (C=O) groups excluding carboxylic acids is 1. The SMILES string of the molecule is C=C(C)C(=O)Oc1ccc(/C=C/c2ccccc2)c(/C=C/c2ccccc2)c1/C=C/c1ccccc1. The molecule has 4 aromatic rings. The van der Waals surface area contributed by atoms with Gasteiger partial charge in [-0.15, -0.1) is 0 Å². The third-order valence-corrected chi connectivity index (χ3v) is 5.57. The summed E-state index contributed by atoms with van der Waals surface area (Å²) >= 11 is 0. The van der Waals surface area contributed by atoms with E-state index < -0.39 is 5.97 Å². The van der Waals surface area contributed by atoms with Crippen molar-refractivity contribution in [1.29, 1.82) is 0 Å². The highest BCUT2D eigenvalue weighted by Gasteiger charge is 2.14. The Labute approximate surface area is 213 Å². The molecule has 0 aromatic heterocycles. The van der Waals surface area contributed by atoms with Gasteiger partial charge in [-0.2, -0.15) is 0 Å². The second-order valence-electron chi connectivity index (χ2n) is 8.38. The van der Waals surface area contributed by atoms with Crippen molar-refractivity contribution in [3.63, 3.8) is 0 Å². The zero-order chi connectivity index (χ0) is 25.2. The van der Waals surface area contributed by atoms with E-state index in [2.05, 4.69) is 55.1 Å². The summed E-state index contributed by atoms with van der Waals surface area (Å²) in [5, 5.41) is 0. The zero-order valence-corrected chi connectivity index (χ0v) is 20.3. The fourth-order valence-electron chi connectivity index (χ4n) is 3.65. The topological polar surface area (TPSA) is 26.3 Å². The Kier molecular flexibility index (Phi) is 8.24. The molecule has 0 saturated carbocycles. The summed E-state index contributed by atoms with van der Waals surface area (Å²) in [6, 6.07) is 34.2. The van der Waals surface area contributed by atoms with Gasteiger partial charge in [0, 0.05) is 11.1 Å². The predicted molar refractivity (Wildman–Crippen MR) is 153 cm³/mol. The molecule has 176 valence electrons. The molecular formula is C34H28O2. The van der Waals surface area contributed by atoms with E-state index in [0.29, 0.717) is 11.3 Å². The predicted octanol–water partition coefficient (Wildman–Crippen LogP) is 8.68. The summed E-state index contributed by atoms with van der Waals surface area (Å²) < 4.78 is 5.76. The second kappa shape index (κ2) is 12.1. The normalized spacial score (nSPS) is 11.4. The minimum absolute atomic E-state index is 0.349. The summed E-state index contributed by atoms with van der Waals surface area (Å²) in [6.45, 7) is 5.38. The van der Waals surface area contributed by atoms with Crippen molar-refractivity contribution in [1.82, 2.24) is 0 Å². The molecule has 0 fully saturated rings. The lowest BCUT2D eigenvalue weighted by molar-refractivity contribution is -0.130. The van der Waals surface area contributed by atoms with Crippen LogP contribution >= 0.6 is 0 Å². The van der Waals surface area contributed by atoms with Gasteiger partial charge in [0.2, 0.25) is 0 Å². The van der Waals surface area contributed by atoms with Crippen LogP contribution in [-0.4, -0.2) is 5.97 Å². The molecule has 4 aromatic carbocycles. The number of benzene rings is 4. The first-order chi connectivity index (χ1) is 17.6. The lowest BCUT2D eigenvalue weighted by Crippen LogP contribution is -2.09. The third-order valence-electron chi connectivity index (χ3n) is 5.57. The van der Waals surface area contributed by atoms with Crippen LogP contribution in [0.3, 0.4) is 0 Å². The van der Waals surface area contributed by atoms with Crippen molar-refractivity contribution in [2.45, 2.75) is 6.92 Å². The molecule has 0 atom stereocenters. The van der Waals surface area contributed by atoms with Gasteiger partial charge in [-0.25, -0.2) is 4.79 Å². The van der Waals surface area contributed by atoms with E-state index in [9.17, 15) is 4.79 Å². The quantitative estimate of drug-likeness (QED) is 0.112. The highest BCUT2D eigenvalue weighted by molar-refractivity contribution is 5.92. The molecule has 2 heteroatoms. The number of rotatable bonds is 8. The maximum atomic E-state index is 12.4. The van der Waals surface area contributed by atoms with Gasteiger partial charge in [0.1, 0.15) is 5.75 Å². The largest absolute Gasteiger partial charge is 0.423 e. The maximum Gasteiger partial charge on any atom is 0.338 e. The second-order valence-corrected chi connectivity index (χ2v) is 8.38. The van der Waals surface area contributed by atoms with E-state index in [1.807, 2.05) is 91.0 Å². The molecule has 0 bridgehead atoms. The van der Waals surface area contributed by atoms with Crippen LogP contribution < -0.4 is 4.74 Å². The van der Waals surface area contributed by atoms with Crippen LogP contribution in [0.4, 0.5) is 0 Å². The molecule has 0 N–H and O–H groups in total. The summed E-state index contributed by atoms with van der Waals surface area (Å²) in [5.74, 6) is 0.0367. The monoisotopic (exact) mass is 468 g/mol. The zero-order valence-electron chi connectivity index (χ0n) is 20.3. The Hall–Kier alpha value is -4.69. The molecule has 0 saturated heterocycles. The molecule has 0 aliphatic carbocycles. The lowest BCUT2D eigenvalue weighted by Gasteiger charge is -2.13. The van der Waals surface area contributed by atoms with Gasteiger partial charge in [0.15, 0.2) is 0 Å². The summed E-state index contributed by atoms with van der Waals surface area (Å²) in [7, 11) is 0. The number of carbonyl (C=O) groups is 1. The van der Waals surface area contributed by atoms with Crippen LogP contribution in [0.25, 0.3) is 36.5 Å². The van der Waals surface area contributed by atoms with E-state index in [0.717, 1.165) is 33.4 Å². The van der Waals surface area contributed by atoms with Gasteiger partial charge in [0.25, 0.3) is 0 Å². The Bertz CT molecular complexity index is 1410. The van der Waals surface area contributed by atoms with Crippen LogP contribution in [0.5, 0.6) is 5.75 Å². The van der Waals surface area contributed by atoms with E-state index in [1.165, 1.54) is 0 Å². The van der Waals surface area contributed by atoms with Crippen molar-refractivity contribution in [3.8, 4) is 5.75 Å². The van der Waals surface area contributed by atoms with Crippen LogP contribution in [0.1, 0.15) is 40.3 Å². The fourth-order valence-corrected chi connectivity index (χ4v) is 3.65. The average Bonchev–Trinajstić information content (AvgIpc) is 2.92. The van der Waals surface area contributed by atoms with Gasteiger partial charge < -0.3 is 4.74 Å². The molecule has 36 heavy (non-hydrogen) atoms. The summed E-state index contributed by atoms with van der Waals surface area (Å²) in [5.41, 5.74) is 6.36. The van der Waals surface area contributed by atoms with E-state index in [1.54, 1.807) is 6.92 Å². The summed E-state index contributed by atoms with van der Waals surface area (Å²) in [4.78, 5) is 12.4. The van der Waals surface area contributed by atoms with Gasteiger partial charge in [-0.1, -0.05) is 140 Å².